The van der Waals surface area contributed by atoms with E-state index in [-0.39, 0.29) is 17.4 Å². The standard InChI is InChI=1S/C27H31N3O4S/c1-22-8-14-26(15-9-22)35(32,33)28(2)24-10-12-25(13-11-24)34-21-27(31)30-18-16-29(17-19-30)20-23-6-4-3-5-7-23/h3-15H,16-21H2,1-2H3. The lowest BCUT2D eigenvalue weighted by Gasteiger charge is -2.34. The molecule has 0 bridgehead atoms. The fourth-order valence-corrected chi connectivity index (χ4v) is 5.19. The van der Waals surface area contributed by atoms with Crippen molar-refractivity contribution in [1.82, 2.24) is 9.80 Å². The Hall–Kier alpha value is -3.36. The Bertz CT molecular complexity index is 1220. The van der Waals surface area contributed by atoms with E-state index in [9.17, 15) is 13.2 Å². The minimum Gasteiger partial charge on any atom is -0.484 e. The number of amides is 1. The van der Waals surface area contributed by atoms with Crippen LogP contribution in [-0.2, 0) is 21.4 Å². The molecular weight excluding hydrogens is 462 g/mol. The molecule has 1 fully saturated rings. The van der Waals surface area contributed by atoms with Crippen LogP contribution in [0.5, 0.6) is 5.75 Å². The number of carbonyl (C=O) groups is 1. The Morgan fingerprint density at radius 3 is 2.14 bits per heavy atom. The minimum atomic E-state index is -3.66. The normalized spacial score (nSPS) is 14.5. The largest absolute Gasteiger partial charge is 0.484 e. The molecule has 0 unspecified atom stereocenters. The van der Waals surface area contributed by atoms with Gasteiger partial charge >= 0.3 is 0 Å². The Morgan fingerprint density at radius 1 is 0.886 bits per heavy atom. The van der Waals surface area contributed by atoms with Crippen molar-refractivity contribution in [2.24, 2.45) is 0 Å². The van der Waals surface area contributed by atoms with Crippen LogP contribution < -0.4 is 9.04 Å². The molecule has 1 aliphatic heterocycles. The van der Waals surface area contributed by atoms with Crippen molar-refractivity contribution in [1.29, 1.82) is 0 Å². The second kappa shape index (κ2) is 10.9. The van der Waals surface area contributed by atoms with Gasteiger partial charge in [-0.3, -0.25) is 14.0 Å². The van der Waals surface area contributed by atoms with E-state index in [1.807, 2.05) is 30.0 Å². The van der Waals surface area contributed by atoms with Crippen molar-refractivity contribution >= 4 is 21.6 Å². The van der Waals surface area contributed by atoms with E-state index < -0.39 is 10.0 Å². The first kappa shape index (κ1) is 24.8. The average molecular weight is 494 g/mol. The summed E-state index contributed by atoms with van der Waals surface area (Å²) in [6, 6.07) is 23.8. The van der Waals surface area contributed by atoms with Crippen LogP contribution in [0.15, 0.2) is 83.8 Å². The Morgan fingerprint density at radius 2 is 1.51 bits per heavy atom. The second-order valence-electron chi connectivity index (χ2n) is 8.71. The van der Waals surface area contributed by atoms with E-state index in [1.54, 1.807) is 48.5 Å². The summed E-state index contributed by atoms with van der Waals surface area (Å²) in [6.45, 7) is 5.77. The van der Waals surface area contributed by atoms with E-state index >= 15 is 0 Å². The molecule has 0 aliphatic carbocycles. The Balaban J connectivity index is 1.27. The highest BCUT2D eigenvalue weighted by Crippen LogP contribution is 2.24. The molecule has 4 rings (SSSR count). The molecule has 0 radical (unpaired) electrons. The van der Waals surface area contributed by atoms with Crippen molar-refractivity contribution in [3.05, 3.63) is 90.0 Å². The van der Waals surface area contributed by atoms with Gasteiger partial charge in [-0.25, -0.2) is 8.42 Å². The van der Waals surface area contributed by atoms with Gasteiger partial charge in [0.05, 0.1) is 10.6 Å². The number of anilines is 1. The molecule has 7 nitrogen and oxygen atoms in total. The predicted octanol–water partition coefficient (Wildman–Crippen LogP) is 3.54. The molecule has 0 N–H and O–H groups in total. The fourth-order valence-electron chi connectivity index (χ4n) is 3.99. The molecule has 1 saturated heterocycles. The number of carbonyl (C=O) groups excluding carboxylic acids is 1. The van der Waals surface area contributed by atoms with E-state index in [0.29, 0.717) is 24.5 Å². The highest BCUT2D eigenvalue weighted by molar-refractivity contribution is 7.92. The quantitative estimate of drug-likeness (QED) is 0.480. The van der Waals surface area contributed by atoms with Crippen LogP contribution in [0.4, 0.5) is 5.69 Å². The van der Waals surface area contributed by atoms with Crippen LogP contribution in [0.3, 0.4) is 0 Å². The number of aryl methyl sites for hydroxylation is 1. The summed E-state index contributed by atoms with van der Waals surface area (Å²) in [5.41, 5.74) is 2.78. The third kappa shape index (κ3) is 6.21. The van der Waals surface area contributed by atoms with E-state index in [2.05, 4.69) is 17.0 Å². The summed E-state index contributed by atoms with van der Waals surface area (Å²) in [5, 5.41) is 0. The van der Waals surface area contributed by atoms with Gasteiger partial charge in [0.25, 0.3) is 15.9 Å². The summed E-state index contributed by atoms with van der Waals surface area (Å²) < 4.78 is 32.7. The molecule has 8 heteroatoms. The van der Waals surface area contributed by atoms with Gasteiger partial charge in [-0.05, 0) is 48.9 Å². The van der Waals surface area contributed by atoms with Crippen molar-refractivity contribution in [3.63, 3.8) is 0 Å². The zero-order chi connectivity index (χ0) is 24.8. The molecule has 1 aliphatic rings. The maximum Gasteiger partial charge on any atom is 0.264 e. The number of hydrogen-bond donors (Lipinski definition) is 0. The van der Waals surface area contributed by atoms with Gasteiger partial charge in [0.1, 0.15) is 5.75 Å². The summed E-state index contributed by atoms with van der Waals surface area (Å²) in [5.74, 6) is 0.471. The predicted molar refractivity (Wildman–Crippen MR) is 137 cm³/mol. The number of ether oxygens (including phenoxy) is 1. The molecule has 1 amide bonds. The first-order valence-electron chi connectivity index (χ1n) is 11.7. The summed E-state index contributed by atoms with van der Waals surface area (Å²) in [4.78, 5) is 17.0. The maximum absolute atomic E-state index is 12.9. The maximum atomic E-state index is 12.9. The third-order valence-electron chi connectivity index (χ3n) is 6.22. The monoisotopic (exact) mass is 493 g/mol. The number of nitrogens with zero attached hydrogens (tertiary/aromatic N) is 3. The zero-order valence-electron chi connectivity index (χ0n) is 20.1. The number of benzene rings is 3. The van der Waals surface area contributed by atoms with Gasteiger partial charge in [-0.2, -0.15) is 0 Å². The van der Waals surface area contributed by atoms with Gasteiger partial charge in [0, 0.05) is 39.8 Å². The first-order chi connectivity index (χ1) is 16.8. The topological polar surface area (TPSA) is 70.2 Å². The Kier molecular flexibility index (Phi) is 7.73. The van der Waals surface area contributed by atoms with E-state index in [4.69, 9.17) is 4.74 Å². The van der Waals surface area contributed by atoms with Crippen molar-refractivity contribution in [2.75, 3.05) is 44.1 Å². The molecule has 0 saturated carbocycles. The van der Waals surface area contributed by atoms with Crippen LogP contribution in [0.2, 0.25) is 0 Å². The first-order valence-corrected chi connectivity index (χ1v) is 13.1. The SMILES string of the molecule is Cc1ccc(S(=O)(=O)N(C)c2ccc(OCC(=O)N3CCN(Cc4ccccc4)CC3)cc2)cc1. The molecule has 3 aromatic rings. The minimum absolute atomic E-state index is 0.0461. The van der Waals surface area contributed by atoms with E-state index in [1.165, 1.54) is 16.9 Å². The van der Waals surface area contributed by atoms with Gasteiger partial charge in [0.2, 0.25) is 0 Å². The molecule has 35 heavy (non-hydrogen) atoms. The van der Waals surface area contributed by atoms with Crippen molar-refractivity contribution in [3.8, 4) is 5.75 Å². The number of rotatable bonds is 8. The van der Waals surface area contributed by atoms with Crippen LogP contribution in [0, 0.1) is 6.92 Å². The fraction of sp³-hybridized carbons (Fsp3) is 0.296. The summed E-state index contributed by atoms with van der Waals surface area (Å²) >= 11 is 0. The molecule has 0 spiro atoms. The van der Waals surface area contributed by atoms with E-state index in [0.717, 1.165) is 25.2 Å². The molecule has 0 aromatic heterocycles. The van der Waals surface area contributed by atoms with Crippen LogP contribution >= 0.6 is 0 Å². The Labute approximate surface area is 207 Å². The number of piperazine rings is 1. The van der Waals surface area contributed by atoms with Gasteiger partial charge in [-0.1, -0.05) is 48.0 Å². The summed E-state index contributed by atoms with van der Waals surface area (Å²) in [6.07, 6.45) is 0. The third-order valence-corrected chi connectivity index (χ3v) is 8.02. The van der Waals surface area contributed by atoms with Crippen molar-refractivity contribution in [2.45, 2.75) is 18.4 Å². The summed E-state index contributed by atoms with van der Waals surface area (Å²) in [7, 11) is -2.14. The molecule has 1 heterocycles. The van der Waals surface area contributed by atoms with Crippen LogP contribution in [0.1, 0.15) is 11.1 Å². The lowest BCUT2D eigenvalue weighted by atomic mass is 10.2. The molecule has 3 aromatic carbocycles. The highest BCUT2D eigenvalue weighted by atomic mass is 32.2. The molecular formula is C27H31N3O4S. The lowest BCUT2D eigenvalue weighted by Crippen LogP contribution is -2.49. The van der Waals surface area contributed by atoms with Gasteiger partial charge in [-0.15, -0.1) is 0 Å². The molecule has 184 valence electrons. The van der Waals surface area contributed by atoms with Gasteiger partial charge in [0.15, 0.2) is 6.61 Å². The number of sulfonamides is 1. The smallest absolute Gasteiger partial charge is 0.264 e. The zero-order valence-corrected chi connectivity index (χ0v) is 20.9. The van der Waals surface area contributed by atoms with Crippen LogP contribution in [-0.4, -0.2) is 64.0 Å². The average Bonchev–Trinajstić information content (AvgIpc) is 2.88. The molecule has 0 atom stereocenters. The van der Waals surface area contributed by atoms with Crippen molar-refractivity contribution < 1.29 is 17.9 Å². The second-order valence-corrected chi connectivity index (χ2v) is 10.7. The number of hydrogen-bond acceptors (Lipinski definition) is 5. The highest BCUT2D eigenvalue weighted by Gasteiger charge is 2.23. The van der Waals surface area contributed by atoms with Crippen LogP contribution in [0.25, 0.3) is 0 Å². The van der Waals surface area contributed by atoms with Gasteiger partial charge < -0.3 is 9.64 Å². The lowest BCUT2D eigenvalue weighted by molar-refractivity contribution is -0.135.